The first kappa shape index (κ1) is 12.1. The van der Waals surface area contributed by atoms with E-state index in [1.807, 2.05) is 0 Å². The maximum atomic E-state index is 11.3. The van der Waals surface area contributed by atoms with E-state index < -0.39 is 5.38 Å². The van der Waals surface area contributed by atoms with Crippen LogP contribution in [0.2, 0.25) is 0 Å². The van der Waals surface area contributed by atoms with Gasteiger partial charge in [-0.15, -0.1) is 30.6 Å². The van der Waals surface area contributed by atoms with E-state index in [0.29, 0.717) is 5.69 Å². The normalized spacial score (nSPS) is 11.2. The van der Waals surface area contributed by atoms with E-state index in [1.165, 1.54) is 6.08 Å². The number of carbonyl (C=O) groups is 1. The van der Waals surface area contributed by atoms with Crippen LogP contribution in [0.4, 0.5) is 0 Å². The Labute approximate surface area is 88.0 Å². The van der Waals surface area contributed by atoms with Crippen molar-refractivity contribution in [2.75, 3.05) is 0 Å². The second-order valence-electron chi connectivity index (χ2n) is 2.22. The summed E-state index contributed by atoms with van der Waals surface area (Å²) in [7, 11) is 0. The second-order valence-corrected chi connectivity index (χ2v) is 2.69. The van der Waals surface area contributed by atoms with Gasteiger partial charge in [0.1, 0.15) is 11.1 Å². The van der Waals surface area contributed by atoms with Crippen molar-refractivity contribution < 1.29 is 4.79 Å². The molecule has 1 heterocycles. The van der Waals surface area contributed by atoms with Gasteiger partial charge in [-0.2, -0.15) is 0 Å². The van der Waals surface area contributed by atoms with Gasteiger partial charge in [0.25, 0.3) is 0 Å². The van der Waals surface area contributed by atoms with Gasteiger partial charge in [0.15, 0.2) is 0 Å². The zero-order valence-electron chi connectivity index (χ0n) is 6.81. The maximum absolute atomic E-state index is 11.3. The minimum absolute atomic E-state index is 0. The Balaban J connectivity index is 0.00000144. The molecule has 0 saturated heterocycles. The number of halogens is 2. The first-order chi connectivity index (χ1) is 5.75. The fourth-order valence-electron chi connectivity index (χ4n) is 0.757. The van der Waals surface area contributed by atoms with E-state index in [2.05, 4.69) is 11.6 Å². The van der Waals surface area contributed by atoms with E-state index in [0.717, 1.165) is 0 Å². The number of allylic oxidation sites excluding steroid dienone is 1. The predicted molar refractivity (Wildman–Crippen MR) is 55.7 cm³/mol. The molecule has 0 aliphatic carbocycles. The van der Waals surface area contributed by atoms with Crippen LogP contribution in [-0.4, -0.2) is 16.1 Å². The minimum Gasteiger partial charge on any atom is -0.290 e. The molecular formula is C9H9Cl2NO. The smallest absolute Gasteiger partial charge is 0.202 e. The average molecular weight is 218 g/mol. The Hall–Kier alpha value is -0.860. The van der Waals surface area contributed by atoms with Crippen molar-refractivity contribution >= 4 is 29.8 Å². The van der Waals surface area contributed by atoms with Gasteiger partial charge < -0.3 is 0 Å². The summed E-state index contributed by atoms with van der Waals surface area (Å²) in [6.45, 7) is 3.43. The lowest BCUT2D eigenvalue weighted by Crippen LogP contribution is -2.12. The molecule has 1 unspecified atom stereocenters. The number of ketones is 1. The van der Waals surface area contributed by atoms with Crippen LogP contribution < -0.4 is 0 Å². The number of nitrogens with zero attached hydrogens (tertiary/aromatic N) is 1. The molecule has 1 rings (SSSR count). The van der Waals surface area contributed by atoms with Crippen molar-refractivity contribution in [1.29, 1.82) is 0 Å². The van der Waals surface area contributed by atoms with E-state index in [-0.39, 0.29) is 18.2 Å². The van der Waals surface area contributed by atoms with Gasteiger partial charge in [-0.3, -0.25) is 9.78 Å². The minimum atomic E-state index is -0.681. The Morgan fingerprint density at radius 1 is 1.62 bits per heavy atom. The topological polar surface area (TPSA) is 30.0 Å². The van der Waals surface area contributed by atoms with Gasteiger partial charge in [-0.05, 0) is 12.1 Å². The van der Waals surface area contributed by atoms with Crippen LogP contribution in [0.15, 0.2) is 37.1 Å². The molecule has 0 aromatic carbocycles. The molecule has 1 aromatic heterocycles. The van der Waals surface area contributed by atoms with E-state index in [9.17, 15) is 4.79 Å². The molecule has 13 heavy (non-hydrogen) atoms. The van der Waals surface area contributed by atoms with Gasteiger partial charge in [0.2, 0.25) is 5.78 Å². The summed E-state index contributed by atoms with van der Waals surface area (Å²) in [5.74, 6) is -0.215. The van der Waals surface area contributed by atoms with Crippen LogP contribution in [0.1, 0.15) is 10.5 Å². The molecule has 0 radical (unpaired) electrons. The third-order valence-electron chi connectivity index (χ3n) is 1.37. The van der Waals surface area contributed by atoms with E-state index in [1.54, 1.807) is 24.4 Å². The molecule has 0 spiro atoms. The molecule has 1 atom stereocenters. The molecule has 0 amide bonds. The molecule has 0 aliphatic rings. The van der Waals surface area contributed by atoms with Crippen molar-refractivity contribution in [3.05, 3.63) is 42.7 Å². The fraction of sp³-hybridized carbons (Fsp3) is 0.111. The Bertz CT molecular complexity index is 287. The quantitative estimate of drug-likeness (QED) is 0.443. The highest BCUT2D eigenvalue weighted by molar-refractivity contribution is 6.34. The molecule has 2 nitrogen and oxygen atoms in total. The highest BCUT2D eigenvalue weighted by Gasteiger charge is 2.13. The largest absolute Gasteiger partial charge is 0.290 e. The van der Waals surface area contributed by atoms with Gasteiger partial charge in [0, 0.05) is 6.20 Å². The van der Waals surface area contributed by atoms with Crippen molar-refractivity contribution in [3.8, 4) is 0 Å². The standard InChI is InChI=1S/C9H8ClNO.ClH/c1-2-7(10)9(12)8-5-3-4-6-11-8;/h2-7H,1H2;1H. The molecular weight excluding hydrogens is 209 g/mol. The van der Waals surface area contributed by atoms with Crippen molar-refractivity contribution in [2.24, 2.45) is 0 Å². The lowest BCUT2D eigenvalue weighted by atomic mass is 10.2. The molecule has 0 bridgehead atoms. The molecule has 70 valence electrons. The van der Waals surface area contributed by atoms with E-state index >= 15 is 0 Å². The fourth-order valence-corrected chi connectivity index (χ4v) is 0.869. The zero-order chi connectivity index (χ0) is 8.97. The Morgan fingerprint density at radius 2 is 2.31 bits per heavy atom. The molecule has 1 aromatic rings. The number of alkyl halides is 1. The highest BCUT2D eigenvalue weighted by Crippen LogP contribution is 2.05. The van der Waals surface area contributed by atoms with Gasteiger partial charge in [-0.25, -0.2) is 0 Å². The summed E-state index contributed by atoms with van der Waals surface area (Å²) < 4.78 is 0. The summed E-state index contributed by atoms with van der Waals surface area (Å²) in [5, 5.41) is -0.681. The van der Waals surface area contributed by atoms with Crippen LogP contribution in [0.25, 0.3) is 0 Å². The molecule has 0 N–H and O–H groups in total. The second kappa shape index (κ2) is 5.73. The Kier molecular flexibility index (Phi) is 5.35. The average Bonchev–Trinajstić information content (AvgIpc) is 2.17. The van der Waals surface area contributed by atoms with Gasteiger partial charge >= 0.3 is 0 Å². The lowest BCUT2D eigenvalue weighted by molar-refractivity contribution is 0.0994. The highest BCUT2D eigenvalue weighted by atomic mass is 35.5. The lowest BCUT2D eigenvalue weighted by Gasteiger charge is -2.00. The zero-order valence-corrected chi connectivity index (χ0v) is 8.39. The number of rotatable bonds is 3. The summed E-state index contributed by atoms with van der Waals surface area (Å²) in [6.07, 6.45) is 2.94. The summed E-state index contributed by atoms with van der Waals surface area (Å²) in [5.41, 5.74) is 0.373. The van der Waals surface area contributed by atoms with Crippen molar-refractivity contribution in [2.45, 2.75) is 5.38 Å². The molecule has 4 heteroatoms. The van der Waals surface area contributed by atoms with Gasteiger partial charge in [0.05, 0.1) is 0 Å². The number of Topliss-reactive ketones (excluding diaryl/α,β-unsaturated/α-hetero) is 1. The number of aromatic nitrogens is 1. The third-order valence-corrected chi connectivity index (χ3v) is 1.75. The summed E-state index contributed by atoms with van der Waals surface area (Å²) in [6, 6.07) is 5.11. The van der Waals surface area contributed by atoms with Crippen LogP contribution in [0.3, 0.4) is 0 Å². The predicted octanol–water partition coefficient (Wildman–Crippen LogP) is 2.48. The SMILES string of the molecule is C=CC(Cl)C(=O)c1ccccn1.Cl. The van der Waals surface area contributed by atoms with Crippen molar-refractivity contribution in [1.82, 2.24) is 4.98 Å². The van der Waals surface area contributed by atoms with E-state index in [4.69, 9.17) is 11.6 Å². The summed E-state index contributed by atoms with van der Waals surface area (Å²) in [4.78, 5) is 15.2. The molecule has 0 saturated carbocycles. The maximum Gasteiger partial charge on any atom is 0.202 e. The van der Waals surface area contributed by atoms with Crippen LogP contribution in [0, 0.1) is 0 Å². The summed E-state index contributed by atoms with van der Waals surface area (Å²) >= 11 is 5.64. The number of carbonyl (C=O) groups excluding carboxylic acids is 1. The van der Waals surface area contributed by atoms with Crippen molar-refractivity contribution in [3.63, 3.8) is 0 Å². The first-order valence-electron chi connectivity index (χ1n) is 3.47. The number of hydrogen-bond donors (Lipinski definition) is 0. The van der Waals surface area contributed by atoms with Crippen LogP contribution in [-0.2, 0) is 0 Å². The molecule has 0 fully saturated rings. The third kappa shape index (κ3) is 3.17. The first-order valence-corrected chi connectivity index (χ1v) is 3.91. The van der Waals surface area contributed by atoms with Gasteiger partial charge in [-0.1, -0.05) is 12.1 Å². The number of hydrogen-bond acceptors (Lipinski definition) is 2. The van der Waals surface area contributed by atoms with Crippen LogP contribution in [0.5, 0.6) is 0 Å². The molecule has 0 aliphatic heterocycles. The Morgan fingerprint density at radius 3 is 2.77 bits per heavy atom. The number of pyridine rings is 1. The van der Waals surface area contributed by atoms with Crippen LogP contribution >= 0.6 is 24.0 Å². The monoisotopic (exact) mass is 217 g/mol.